The van der Waals surface area contributed by atoms with E-state index in [1.165, 1.54) is 30.4 Å². The van der Waals surface area contributed by atoms with Crippen LogP contribution in [0.5, 0.6) is 5.75 Å². The van der Waals surface area contributed by atoms with Gasteiger partial charge in [0.05, 0.1) is 24.6 Å². The molecule has 2 aliphatic carbocycles. The Hall–Kier alpha value is -3.32. The van der Waals surface area contributed by atoms with E-state index in [0.29, 0.717) is 11.4 Å². The number of anilines is 2. The van der Waals surface area contributed by atoms with E-state index in [0.717, 1.165) is 6.26 Å². The zero-order chi connectivity index (χ0) is 20.1. The van der Waals surface area contributed by atoms with E-state index < -0.39 is 15.9 Å². The fraction of sp³-hybridized carbons (Fsp3) is 0.0952. The van der Waals surface area contributed by atoms with Gasteiger partial charge in [-0.1, -0.05) is 36.4 Å². The number of hydrogen-bond donors (Lipinski definition) is 2. The van der Waals surface area contributed by atoms with Crippen molar-refractivity contribution >= 4 is 27.3 Å². The van der Waals surface area contributed by atoms with Gasteiger partial charge in [-0.25, -0.2) is 8.42 Å². The number of sulfonamides is 1. The third-order valence-corrected chi connectivity index (χ3v) is 4.50. The summed E-state index contributed by atoms with van der Waals surface area (Å²) in [5, 5.41) is 2.71. The Labute approximate surface area is 164 Å². The Morgan fingerprint density at radius 3 is 2.07 bits per heavy atom. The van der Waals surface area contributed by atoms with E-state index >= 15 is 0 Å². The van der Waals surface area contributed by atoms with Crippen molar-refractivity contribution < 1.29 is 17.9 Å². The number of fused-ring (bicyclic) bond motifs is 1. The van der Waals surface area contributed by atoms with Gasteiger partial charge in [0, 0.05) is 11.8 Å². The van der Waals surface area contributed by atoms with Crippen LogP contribution in [0.25, 0.3) is 11.1 Å². The minimum absolute atomic E-state index is 0.162. The van der Waals surface area contributed by atoms with E-state index in [9.17, 15) is 13.2 Å². The lowest BCUT2D eigenvalue weighted by atomic mass is 10.1. The van der Waals surface area contributed by atoms with Crippen molar-refractivity contribution in [2.75, 3.05) is 23.4 Å². The minimum atomic E-state index is -3.52. The van der Waals surface area contributed by atoms with E-state index in [1.807, 2.05) is 6.07 Å². The Morgan fingerprint density at radius 1 is 0.893 bits per heavy atom. The molecule has 0 saturated heterocycles. The highest BCUT2D eigenvalue weighted by molar-refractivity contribution is 7.92. The largest absolute Gasteiger partial charge is 0.497 e. The van der Waals surface area contributed by atoms with Crippen molar-refractivity contribution in [3.8, 4) is 16.9 Å². The first kappa shape index (κ1) is 19.4. The van der Waals surface area contributed by atoms with Gasteiger partial charge in [0.15, 0.2) is 0 Å². The van der Waals surface area contributed by atoms with Crippen LogP contribution in [-0.2, 0) is 10.0 Å². The first-order chi connectivity index (χ1) is 13.4. The summed E-state index contributed by atoms with van der Waals surface area (Å²) in [5.41, 5.74) is 3.84. The van der Waals surface area contributed by atoms with Crippen LogP contribution in [0.3, 0.4) is 0 Å². The number of hydrogen-bond acceptors (Lipinski definition) is 4. The number of methoxy groups -OCH3 is 1. The summed E-state index contributed by atoms with van der Waals surface area (Å²) >= 11 is 0. The van der Waals surface area contributed by atoms with Gasteiger partial charge in [0.2, 0.25) is 10.0 Å². The van der Waals surface area contributed by atoms with E-state index in [-0.39, 0.29) is 11.3 Å². The average Bonchev–Trinajstić information content (AvgIpc) is 3.26. The van der Waals surface area contributed by atoms with E-state index in [2.05, 4.69) is 34.3 Å². The van der Waals surface area contributed by atoms with Crippen LogP contribution in [-0.4, -0.2) is 27.7 Å². The van der Waals surface area contributed by atoms with Gasteiger partial charge in [-0.05, 0) is 41.5 Å². The molecule has 0 aliphatic heterocycles. The van der Waals surface area contributed by atoms with Crippen molar-refractivity contribution in [1.82, 2.24) is 0 Å². The summed E-state index contributed by atoms with van der Waals surface area (Å²) in [6.07, 6.45) is 1.02. The van der Waals surface area contributed by atoms with E-state index in [4.69, 9.17) is 4.74 Å². The molecule has 0 aromatic heterocycles. The molecule has 0 atom stereocenters. The normalized spacial score (nSPS) is 10.9. The van der Waals surface area contributed by atoms with Crippen LogP contribution < -0.4 is 14.8 Å². The highest BCUT2D eigenvalue weighted by Gasteiger charge is 2.15. The van der Waals surface area contributed by atoms with Gasteiger partial charge in [-0.2, -0.15) is 0 Å². The Kier molecular flexibility index (Phi) is 5.65. The molecule has 0 radical (unpaired) electrons. The zero-order valence-corrected chi connectivity index (χ0v) is 16.3. The van der Waals surface area contributed by atoms with Crippen LogP contribution in [0, 0.1) is 0 Å². The molecule has 144 valence electrons. The maximum absolute atomic E-state index is 12.3. The van der Waals surface area contributed by atoms with Crippen molar-refractivity contribution in [3.63, 3.8) is 0 Å². The van der Waals surface area contributed by atoms with Crippen LogP contribution in [0.15, 0.2) is 72.8 Å². The molecule has 4 rings (SSSR count). The lowest BCUT2D eigenvalue weighted by Crippen LogP contribution is -2.17. The standard InChI is InChI=1S/C15H16N2O4S.C6H4/c1-21-12-8-9-13(14(10-12)17-22(2,19)20)15(18)16-11-6-4-3-5-7-11;1-2-5-4-6(5)3-1/h3-10,17H,1-2H3,(H,16,18);1-4H. The maximum atomic E-state index is 12.3. The molecule has 0 heterocycles. The molecule has 6 nitrogen and oxygen atoms in total. The summed E-state index contributed by atoms with van der Waals surface area (Å²) in [4.78, 5) is 12.3. The van der Waals surface area contributed by atoms with Gasteiger partial charge in [-0.3, -0.25) is 9.52 Å². The second kappa shape index (κ2) is 8.14. The predicted molar refractivity (Wildman–Crippen MR) is 111 cm³/mol. The number of amides is 1. The lowest BCUT2D eigenvalue weighted by molar-refractivity contribution is 0.102. The summed E-state index contributed by atoms with van der Waals surface area (Å²) in [7, 11) is -2.06. The van der Waals surface area contributed by atoms with Crippen LogP contribution in [0.4, 0.5) is 11.4 Å². The van der Waals surface area contributed by atoms with Crippen LogP contribution in [0.2, 0.25) is 0 Å². The average molecular weight is 396 g/mol. The molecule has 1 amide bonds. The molecular formula is C21H20N2O4S. The Morgan fingerprint density at radius 2 is 1.57 bits per heavy atom. The Bertz CT molecular complexity index is 1080. The van der Waals surface area contributed by atoms with Gasteiger partial charge in [-0.15, -0.1) is 0 Å². The summed E-state index contributed by atoms with van der Waals surface area (Å²) < 4.78 is 30.3. The molecule has 0 saturated carbocycles. The number of carbonyl (C=O) groups is 1. The first-order valence-corrected chi connectivity index (χ1v) is 10.4. The molecule has 0 spiro atoms. The van der Waals surface area contributed by atoms with Crippen LogP contribution >= 0.6 is 0 Å². The molecule has 0 unspecified atom stereocenters. The molecule has 2 N–H and O–H groups in total. The molecule has 2 aliphatic rings. The second-order valence-corrected chi connectivity index (χ2v) is 7.94. The van der Waals surface area contributed by atoms with Crippen molar-refractivity contribution in [2.24, 2.45) is 0 Å². The van der Waals surface area contributed by atoms with Crippen molar-refractivity contribution in [1.29, 1.82) is 0 Å². The highest BCUT2D eigenvalue weighted by atomic mass is 32.2. The Balaban J connectivity index is 0.000000311. The topological polar surface area (TPSA) is 84.5 Å². The van der Waals surface area contributed by atoms with Gasteiger partial charge in [0.25, 0.3) is 5.91 Å². The molecule has 7 heteroatoms. The third kappa shape index (κ3) is 5.34. The van der Waals surface area contributed by atoms with Gasteiger partial charge >= 0.3 is 0 Å². The van der Waals surface area contributed by atoms with Crippen molar-refractivity contribution in [2.45, 2.75) is 0 Å². The molecule has 28 heavy (non-hydrogen) atoms. The minimum Gasteiger partial charge on any atom is -0.497 e. The SMILES string of the molecule is COc1ccc(C(=O)Nc2ccccc2)c(NS(C)(=O)=O)c1.c1cc2cc-2c1. The highest BCUT2D eigenvalue weighted by Crippen LogP contribution is 2.32. The molecular weight excluding hydrogens is 376 g/mol. The molecule has 2 aromatic carbocycles. The molecule has 0 bridgehead atoms. The predicted octanol–water partition coefficient (Wildman–Crippen LogP) is 3.99. The number of para-hydroxylation sites is 1. The fourth-order valence-corrected chi connectivity index (χ4v) is 3.10. The van der Waals surface area contributed by atoms with E-state index in [1.54, 1.807) is 30.3 Å². The summed E-state index contributed by atoms with van der Waals surface area (Å²) in [6.45, 7) is 0. The smallest absolute Gasteiger partial charge is 0.257 e. The van der Waals surface area contributed by atoms with Gasteiger partial charge < -0.3 is 10.1 Å². The number of ether oxygens (including phenoxy) is 1. The maximum Gasteiger partial charge on any atom is 0.257 e. The number of nitrogens with one attached hydrogen (secondary N) is 2. The number of rotatable bonds is 5. The summed E-state index contributed by atoms with van der Waals surface area (Å²) in [6, 6.07) is 21.9. The number of benzene rings is 3. The molecule has 0 fully saturated rings. The van der Waals surface area contributed by atoms with Crippen LogP contribution in [0.1, 0.15) is 10.4 Å². The lowest BCUT2D eigenvalue weighted by Gasteiger charge is -2.12. The summed E-state index contributed by atoms with van der Waals surface area (Å²) in [5.74, 6) is 0.0300. The first-order valence-electron chi connectivity index (χ1n) is 8.48. The number of carbonyl (C=O) groups excluding carboxylic acids is 1. The third-order valence-electron chi connectivity index (χ3n) is 3.91. The quantitative estimate of drug-likeness (QED) is 0.534. The fourth-order valence-electron chi connectivity index (χ4n) is 2.53. The molecule has 2 aromatic rings. The monoisotopic (exact) mass is 396 g/mol. The second-order valence-electron chi connectivity index (χ2n) is 6.19. The zero-order valence-electron chi connectivity index (χ0n) is 15.5. The van der Waals surface area contributed by atoms with Gasteiger partial charge in [0.1, 0.15) is 5.75 Å². The van der Waals surface area contributed by atoms with Crippen molar-refractivity contribution in [3.05, 3.63) is 78.4 Å².